The average molecular weight is 237 g/mol. The topological polar surface area (TPSA) is 58.6 Å². The Kier molecular flexibility index (Phi) is 3.22. The molecule has 0 atom stereocenters. The molecule has 1 N–H and O–H groups in total. The SMILES string of the molecule is ON=C(Cc1cccc(Cl)n1)c1ccco1. The fourth-order valence-electron chi connectivity index (χ4n) is 1.33. The predicted octanol–water partition coefficient (Wildman–Crippen LogP) is 2.75. The molecule has 2 aromatic rings. The van der Waals surface area contributed by atoms with Crippen molar-refractivity contribution in [1.29, 1.82) is 0 Å². The predicted molar refractivity (Wildman–Crippen MR) is 60.0 cm³/mol. The number of aromatic nitrogens is 1. The largest absolute Gasteiger partial charge is 0.463 e. The first kappa shape index (κ1) is 10.7. The highest BCUT2D eigenvalue weighted by Gasteiger charge is 2.09. The van der Waals surface area contributed by atoms with Crippen LogP contribution in [-0.2, 0) is 6.42 Å². The number of hydrogen-bond acceptors (Lipinski definition) is 4. The number of halogens is 1. The fourth-order valence-corrected chi connectivity index (χ4v) is 1.52. The van der Waals surface area contributed by atoms with Gasteiger partial charge in [-0.2, -0.15) is 0 Å². The highest BCUT2D eigenvalue weighted by atomic mass is 35.5. The maximum atomic E-state index is 8.90. The van der Waals surface area contributed by atoms with Crippen LogP contribution in [0.1, 0.15) is 11.5 Å². The van der Waals surface area contributed by atoms with Crippen LogP contribution in [0, 0.1) is 0 Å². The second-order valence-corrected chi connectivity index (χ2v) is 3.54. The summed E-state index contributed by atoms with van der Waals surface area (Å²) in [7, 11) is 0. The first-order valence-electron chi connectivity index (χ1n) is 4.66. The Morgan fingerprint density at radius 3 is 2.88 bits per heavy atom. The summed E-state index contributed by atoms with van der Waals surface area (Å²) in [5.41, 5.74) is 1.14. The van der Waals surface area contributed by atoms with Crippen molar-refractivity contribution in [3.8, 4) is 0 Å². The van der Waals surface area contributed by atoms with Gasteiger partial charge in [0.25, 0.3) is 0 Å². The van der Waals surface area contributed by atoms with E-state index in [2.05, 4.69) is 10.1 Å². The quantitative estimate of drug-likeness (QED) is 0.386. The molecule has 0 spiro atoms. The van der Waals surface area contributed by atoms with Crippen LogP contribution < -0.4 is 0 Å². The number of hydrogen-bond donors (Lipinski definition) is 1. The summed E-state index contributed by atoms with van der Waals surface area (Å²) in [5, 5.41) is 12.5. The van der Waals surface area contributed by atoms with Gasteiger partial charge in [-0.15, -0.1) is 0 Å². The van der Waals surface area contributed by atoms with E-state index in [0.717, 1.165) is 5.69 Å². The van der Waals surface area contributed by atoms with Gasteiger partial charge >= 0.3 is 0 Å². The number of furan rings is 1. The molecule has 0 saturated heterocycles. The minimum atomic E-state index is 0.366. The first-order chi connectivity index (χ1) is 7.79. The van der Waals surface area contributed by atoms with Crippen molar-refractivity contribution < 1.29 is 9.62 Å². The minimum Gasteiger partial charge on any atom is -0.463 e. The van der Waals surface area contributed by atoms with Gasteiger partial charge in [0.15, 0.2) is 5.76 Å². The zero-order chi connectivity index (χ0) is 11.4. The molecule has 2 aromatic heterocycles. The summed E-state index contributed by atoms with van der Waals surface area (Å²) in [6.45, 7) is 0. The Labute approximate surface area is 97.2 Å². The first-order valence-corrected chi connectivity index (χ1v) is 5.03. The van der Waals surface area contributed by atoms with Crippen LogP contribution >= 0.6 is 11.6 Å². The van der Waals surface area contributed by atoms with E-state index in [1.807, 2.05) is 0 Å². The highest BCUT2D eigenvalue weighted by Crippen LogP contribution is 2.10. The van der Waals surface area contributed by atoms with Gasteiger partial charge in [-0.05, 0) is 24.3 Å². The van der Waals surface area contributed by atoms with E-state index in [0.29, 0.717) is 23.0 Å². The monoisotopic (exact) mass is 236 g/mol. The van der Waals surface area contributed by atoms with Crippen molar-refractivity contribution >= 4 is 17.3 Å². The molecule has 82 valence electrons. The van der Waals surface area contributed by atoms with Crippen LogP contribution in [0.25, 0.3) is 0 Å². The molecule has 0 saturated carbocycles. The van der Waals surface area contributed by atoms with Gasteiger partial charge in [-0.25, -0.2) is 4.98 Å². The van der Waals surface area contributed by atoms with Crippen LogP contribution in [0.3, 0.4) is 0 Å². The van der Waals surface area contributed by atoms with E-state index in [1.54, 1.807) is 30.3 Å². The molecule has 0 aliphatic rings. The molecule has 0 amide bonds. The Balaban J connectivity index is 2.21. The normalized spacial score (nSPS) is 11.7. The highest BCUT2D eigenvalue weighted by molar-refractivity contribution is 6.29. The van der Waals surface area contributed by atoms with Crippen molar-refractivity contribution in [3.05, 3.63) is 53.2 Å². The lowest BCUT2D eigenvalue weighted by Gasteiger charge is -2.01. The molecule has 0 unspecified atom stereocenters. The van der Waals surface area contributed by atoms with E-state index in [-0.39, 0.29) is 0 Å². The zero-order valence-electron chi connectivity index (χ0n) is 8.30. The summed E-state index contributed by atoms with van der Waals surface area (Å²) in [5.74, 6) is 0.518. The number of nitrogens with zero attached hydrogens (tertiary/aromatic N) is 2. The Hall–Kier alpha value is -1.81. The Bertz CT molecular complexity index is 494. The van der Waals surface area contributed by atoms with Crippen LogP contribution in [-0.4, -0.2) is 15.9 Å². The molecule has 0 aromatic carbocycles. The second kappa shape index (κ2) is 4.81. The molecule has 16 heavy (non-hydrogen) atoms. The number of rotatable bonds is 3. The van der Waals surface area contributed by atoms with Gasteiger partial charge in [-0.3, -0.25) is 0 Å². The number of pyridine rings is 1. The van der Waals surface area contributed by atoms with Crippen molar-refractivity contribution in [3.63, 3.8) is 0 Å². The molecule has 5 heteroatoms. The van der Waals surface area contributed by atoms with Gasteiger partial charge in [-0.1, -0.05) is 22.8 Å². The maximum absolute atomic E-state index is 8.90. The van der Waals surface area contributed by atoms with Crippen LogP contribution in [0.2, 0.25) is 5.15 Å². The van der Waals surface area contributed by atoms with Crippen molar-refractivity contribution in [2.75, 3.05) is 0 Å². The zero-order valence-corrected chi connectivity index (χ0v) is 9.05. The van der Waals surface area contributed by atoms with Gasteiger partial charge in [0.2, 0.25) is 0 Å². The van der Waals surface area contributed by atoms with Gasteiger partial charge < -0.3 is 9.62 Å². The van der Waals surface area contributed by atoms with Crippen molar-refractivity contribution in [2.24, 2.45) is 5.16 Å². The van der Waals surface area contributed by atoms with Crippen LogP contribution in [0.5, 0.6) is 0 Å². The minimum absolute atomic E-state index is 0.366. The summed E-state index contributed by atoms with van der Waals surface area (Å²) in [6, 6.07) is 8.74. The van der Waals surface area contributed by atoms with E-state index in [1.165, 1.54) is 6.26 Å². The number of oxime groups is 1. The second-order valence-electron chi connectivity index (χ2n) is 3.15. The molecule has 0 fully saturated rings. The van der Waals surface area contributed by atoms with Crippen molar-refractivity contribution in [2.45, 2.75) is 6.42 Å². The van der Waals surface area contributed by atoms with E-state index in [4.69, 9.17) is 21.2 Å². The maximum Gasteiger partial charge on any atom is 0.151 e. The Morgan fingerprint density at radius 2 is 2.25 bits per heavy atom. The fraction of sp³-hybridized carbons (Fsp3) is 0.0909. The van der Waals surface area contributed by atoms with Gasteiger partial charge in [0, 0.05) is 12.1 Å². The molecule has 0 radical (unpaired) electrons. The molecular weight excluding hydrogens is 228 g/mol. The molecule has 4 nitrogen and oxygen atoms in total. The van der Waals surface area contributed by atoms with E-state index >= 15 is 0 Å². The lowest BCUT2D eigenvalue weighted by molar-refractivity contribution is 0.317. The van der Waals surface area contributed by atoms with Crippen LogP contribution in [0.15, 0.2) is 46.2 Å². The third-order valence-corrected chi connectivity index (χ3v) is 2.26. The molecule has 0 aliphatic carbocycles. The smallest absolute Gasteiger partial charge is 0.151 e. The van der Waals surface area contributed by atoms with Gasteiger partial charge in [0.1, 0.15) is 10.9 Å². The average Bonchev–Trinajstić information content (AvgIpc) is 2.79. The molecular formula is C11H9ClN2O2. The molecule has 0 bridgehead atoms. The lowest BCUT2D eigenvalue weighted by atomic mass is 10.1. The van der Waals surface area contributed by atoms with Gasteiger partial charge in [0.05, 0.1) is 6.26 Å². The third-order valence-electron chi connectivity index (χ3n) is 2.05. The molecule has 2 heterocycles. The third kappa shape index (κ3) is 2.41. The molecule has 2 rings (SSSR count). The Morgan fingerprint density at radius 1 is 1.38 bits per heavy atom. The summed E-state index contributed by atoms with van der Waals surface area (Å²) >= 11 is 5.76. The lowest BCUT2D eigenvalue weighted by Crippen LogP contribution is -2.05. The van der Waals surface area contributed by atoms with E-state index in [9.17, 15) is 0 Å². The molecule has 0 aliphatic heterocycles. The van der Waals surface area contributed by atoms with E-state index < -0.39 is 0 Å². The summed E-state index contributed by atoms with van der Waals surface area (Å²) in [4.78, 5) is 4.10. The summed E-state index contributed by atoms with van der Waals surface area (Å²) in [6.07, 6.45) is 1.89. The summed E-state index contributed by atoms with van der Waals surface area (Å²) < 4.78 is 5.14. The standard InChI is InChI=1S/C11H9ClN2O2/c12-11-5-1-3-8(13-11)7-9(14-15)10-4-2-6-16-10/h1-6,15H,7H2. The van der Waals surface area contributed by atoms with Crippen LogP contribution in [0.4, 0.5) is 0 Å². The van der Waals surface area contributed by atoms with Crippen molar-refractivity contribution in [1.82, 2.24) is 4.98 Å².